The van der Waals surface area contributed by atoms with Crippen molar-refractivity contribution in [3.05, 3.63) is 12.2 Å². The Morgan fingerprint density at radius 3 is 1.77 bits per heavy atom. The predicted octanol–water partition coefficient (Wildman–Crippen LogP) is 6.16. The predicted molar refractivity (Wildman–Crippen MR) is 113 cm³/mol. The first kappa shape index (κ1) is 25.2. The summed E-state index contributed by atoms with van der Waals surface area (Å²) in [6.07, 6.45) is 21.4. The fourth-order valence-corrected chi connectivity index (χ4v) is 2.90. The third kappa shape index (κ3) is 15.4. The summed E-state index contributed by atoms with van der Waals surface area (Å²) in [4.78, 5) is 11.9. The Kier molecular flexibility index (Phi) is 15.8. The quantitative estimate of drug-likeness (QED) is 0.254. The van der Waals surface area contributed by atoms with Crippen molar-refractivity contribution in [1.29, 1.82) is 0 Å². The van der Waals surface area contributed by atoms with Crippen LogP contribution in [0.3, 0.4) is 0 Å². The fraction of sp³-hybridized carbons (Fsp3) is 0.870. The molecule has 0 spiro atoms. The van der Waals surface area contributed by atoms with E-state index in [1.54, 1.807) is 0 Å². The molecule has 154 valence electrons. The molecule has 3 heteroatoms. The van der Waals surface area contributed by atoms with Crippen molar-refractivity contribution in [2.24, 2.45) is 5.41 Å². The van der Waals surface area contributed by atoms with Crippen LogP contribution < -0.4 is 5.32 Å². The van der Waals surface area contributed by atoms with E-state index in [0.717, 1.165) is 6.42 Å². The van der Waals surface area contributed by atoms with Gasteiger partial charge >= 0.3 is 0 Å². The van der Waals surface area contributed by atoms with Gasteiger partial charge in [-0.05, 0) is 12.8 Å². The van der Waals surface area contributed by atoms with Gasteiger partial charge in [0, 0.05) is 5.41 Å². The molecule has 1 amide bonds. The maximum Gasteiger partial charge on any atom is 0.225 e. The van der Waals surface area contributed by atoms with Crippen molar-refractivity contribution in [3.8, 4) is 0 Å². The van der Waals surface area contributed by atoms with E-state index in [9.17, 15) is 9.90 Å². The molecule has 0 fully saturated rings. The Bertz CT molecular complexity index is 358. The Labute approximate surface area is 163 Å². The van der Waals surface area contributed by atoms with Crippen LogP contribution in [0.5, 0.6) is 0 Å². The minimum absolute atomic E-state index is 0.0217. The second-order valence-electron chi connectivity index (χ2n) is 8.62. The molecule has 0 bridgehead atoms. The van der Waals surface area contributed by atoms with Crippen LogP contribution in [0, 0.1) is 5.41 Å². The Morgan fingerprint density at radius 2 is 1.35 bits per heavy atom. The van der Waals surface area contributed by atoms with Crippen molar-refractivity contribution in [2.75, 3.05) is 6.61 Å². The monoisotopic (exact) mass is 367 g/mol. The summed E-state index contributed by atoms with van der Waals surface area (Å²) < 4.78 is 0. The van der Waals surface area contributed by atoms with Crippen LogP contribution >= 0.6 is 0 Å². The van der Waals surface area contributed by atoms with Crippen LogP contribution in [0.1, 0.15) is 111 Å². The molecule has 0 aliphatic heterocycles. The molecule has 0 aliphatic rings. The van der Waals surface area contributed by atoms with Crippen LogP contribution in [0.15, 0.2) is 12.2 Å². The molecule has 0 aromatic carbocycles. The van der Waals surface area contributed by atoms with Gasteiger partial charge < -0.3 is 10.4 Å². The first-order valence-electron chi connectivity index (χ1n) is 11.0. The molecule has 0 radical (unpaired) electrons. The maximum absolute atomic E-state index is 11.9. The van der Waals surface area contributed by atoms with Crippen molar-refractivity contribution >= 4 is 5.91 Å². The number of amides is 1. The highest BCUT2D eigenvalue weighted by Crippen LogP contribution is 2.14. The second kappa shape index (κ2) is 16.4. The zero-order chi connectivity index (χ0) is 19.7. The average molecular weight is 368 g/mol. The molecule has 0 aromatic heterocycles. The fourth-order valence-electron chi connectivity index (χ4n) is 2.90. The summed E-state index contributed by atoms with van der Waals surface area (Å²) in [6, 6.07) is -0.265. The van der Waals surface area contributed by atoms with Gasteiger partial charge in [-0.2, -0.15) is 0 Å². The smallest absolute Gasteiger partial charge is 0.225 e. The number of allylic oxidation sites excluding steroid dienone is 1. The molecule has 0 rings (SSSR count). The summed E-state index contributed by atoms with van der Waals surface area (Å²) in [5.74, 6) is -0.0217. The van der Waals surface area contributed by atoms with E-state index in [-0.39, 0.29) is 18.6 Å². The minimum Gasteiger partial charge on any atom is -0.394 e. The van der Waals surface area contributed by atoms with Gasteiger partial charge in [0.1, 0.15) is 0 Å². The first-order valence-corrected chi connectivity index (χ1v) is 11.0. The van der Waals surface area contributed by atoms with Crippen molar-refractivity contribution in [1.82, 2.24) is 5.32 Å². The summed E-state index contributed by atoms with van der Waals surface area (Å²) >= 11 is 0. The summed E-state index contributed by atoms with van der Waals surface area (Å²) in [5, 5.41) is 12.3. The van der Waals surface area contributed by atoms with Crippen LogP contribution in [-0.4, -0.2) is 23.7 Å². The van der Waals surface area contributed by atoms with Gasteiger partial charge in [0.2, 0.25) is 5.91 Å². The third-order valence-corrected chi connectivity index (χ3v) is 4.79. The van der Waals surface area contributed by atoms with E-state index < -0.39 is 5.41 Å². The van der Waals surface area contributed by atoms with E-state index in [2.05, 4.69) is 18.3 Å². The second-order valence-corrected chi connectivity index (χ2v) is 8.62. The summed E-state index contributed by atoms with van der Waals surface area (Å²) in [5.41, 5.74) is -0.420. The van der Waals surface area contributed by atoms with E-state index in [1.165, 1.54) is 77.0 Å². The molecule has 3 nitrogen and oxygen atoms in total. The molecule has 0 unspecified atom stereocenters. The van der Waals surface area contributed by atoms with E-state index in [4.69, 9.17) is 0 Å². The molecular formula is C23H45NO2. The standard InChI is InChI=1S/C23H45NO2/c1-5-6-7-8-9-10-11-12-13-14-15-16-17-18-19-21(20-25)24-22(26)23(2,3)4/h18-19,21,25H,5-17,20H2,1-4H3,(H,24,26)/b19-18+/t21-/m1/s1. The van der Waals surface area contributed by atoms with Gasteiger partial charge in [-0.25, -0.2) is 0 Å². The topological polar surface area (TPSA) is 49.3 Å². The molecule has 0 aromatic rings. The van der Waals surface area contributed by atoms with Crippen LogP contribution in [0.2, 0.25) is 0 Å². The molecular weight excluding hydrogens is 322 g/mol. The summed E-state index contributed by atoms with van der Waals surface area (Å²) in [7, 11) is 0. The van der Waals surface area contributed by atoms with Gasteiger partial charge in [-0.15, -0.1) is 0 Å². The zero-order valence-corrected chi connectivity index (χ0v) is 18.0. The number of rotatable bonds is 16. The number of aliphatic hydroxyl groups excluding tert-OH is 1. The lowest BCUT2D eigenvalue weighted by molar-refractivity contribution is -0.129. The lowest BCUT2D eigenvalue weighted by atomic mass is 9.95. The zero-order valence-electron chi connectivity index (χ0n) is 18.0. The highest BCUT2D eigenvalue weighted by atomic mass is 16.3. The van der Waals surface area contributed by atoms with Crippen LogP contribution in [0.4, 0.5) is 0 Å². The largest absolute Gasteiger partial charge is 0.394 e. The number of carbonyl (C=O) groups is 1. The molecule has 0 saturated carbocycles. The Hall–Kier alpha value is -0.830. The molecule has 2 N–H and O–H groups in total. The number of aliphatic hydroxyl groups is 1. The highest BCUT2D eigenvalue weighted by molar-refractivity contribution is 5.81. The van der Waals surface area contributed by atoms with Crippen LogP contribution in [-0.2, 0) is 4.79 Å². The van der Waals surface area contributed by atoms with E-state index >= 15 is 0 Å². The average Bonchev–Trinajstić information content (AvgIpc) is 2.59. The van der Waals surface area contributed by atoms with E-state index in [1.807, 2.05) is 26.8 Å². The van der Waals surface area contributed by atoms with Crippen molar-refractivity contribution in [3.63, 3.8) is 0 Å². The lowest BCUT2D eigenvalue weighted by Crippen LogP contribution is -2.42. The maximum atomic E-state index is 11.9. The van der Waals surface area contributed by atoms with Gasteiger partial charge in [0.05, 0.1) is 12.6 Å². The summed E-state index contributed by atoms with van der Waals surface area (Å²) in [6.45, 7) is 7.87. The minimum atomic E-state index is -0.420. The number of unbranched alkanes of at least 4 members (excludes halogenated alkanes) is 12. The molecule has 26 heavy (non-hydrogen) atoms. The first-order chi connectivity index (χ1) is 12.4. The number of nitrogens with one attached hydrogen (secondary N) is 1. The number of hydrogen-bond donors (Lipinski definition) is 2. The molecule has 0 saturated heterocycles. The van der Waals surface area contributed by atoms with Gasteiger partial charge in [0.15, 0.2) is 0 Å². The molecule has 0 aliphatic carbocycles. The number of carbonyl (C=O) groups excluding carboxylic acids is 1. The van der Waals surface area contributed by atoms with Gasteiger partial charge in [-0.3, -0.25) is 4.79 Å². The third-order valence-electron chi connectivity index (χ3n) is 4.79. The SMILES string of the molecule is CCCCCCCCCCCCCC/C=C/[C@H](CO)NC(=O)C(C)(C)C. The highest BCUT2D eigenvalue weighted by Gasteiger charge is 2.22. The molecule has 1 atom stereocenters. The van der Waals surface area contributed by atoms with Gasteiger partial charge in [0.25, 0.3) is 0 Å². The van der Waals surface area contributed by atoms with E-state index in [0.29, 0.717) is 0 Å². The Balaban J connectivity index is 3.53. The van der Waals surface area contributed by atoms with Gasteiger partial charge in [-0.1, -0.05) is 110 Å². The van der Waals surface area contributed by atoms with Crippen molar-refractivity contribution in [2.45, 2.75) is 117 Å². The van der Waals surface area contributed by atoms with Crippen molar-refractivity contribution < 1.29 is 9.90 Å². The normalized spacial score (nSPS) is 13.3. The Morgan fingerprint density at radius 1 is 0.885 bits per heavy atom. The number of hydrogen-bond acceptors (Lipinski definition) is 2. The molecule has 0 heterocycles. The van der Waals surface area contributed by atoms with Crippen LogP contribution in [0.25, 0.3) is 0 Å². The lowest BCUT2D eigenvalue weighted by Gasteiger charge is -2.21.